The van der Waals surface area contributed by atoms with E-state index in [-0.39, 0.29) is 6.10 Å². The third-order valence-corrected chi connectivity index (χ3v) is 4.63. The summed E-state index contributed by atoms with van der Waals surface area (Å²) in [5.74, 6) is 2.14. The highest BCUT2D eigenvalue weighted by Gasteiger charge is 2.23. The zero-order valence-corrected chi connectivity index (χ0v) is 14.2. The average molecular weight is 350 g/mol. The number of pyridine rings is 1. The Hall–Kier alpha value is -3.00. The Morgan fingerprint density at radius 1 is 1.19 bits per heavy atom. The zero-order valence-electron chi connectivity index (χ0n) is 14.2. The summed E-state index contributed by atoms with van der Waals surface area (Å²) in [7, 11) is 0. The van der Waals surface area contributed by atoms with Crippen LogP contribution >= 0.6 is 0 Å². The van der Waals surface area contributed by atoms with Crippen molar-refractivity contribution in [2.45, 2.75) is 31.9 Å². The van der Waals surface area contributed by atoms with Crippen LogP contribution in [0.3, 0.4) is 0 Å². The highest BCUT2D eigenvalue weighted by Crippen LogP contribution is 2.27. The average Bonchev–Trinajstić information content (AvgIpc) is 3.47. The molecule has 0 radical (unpaired) electrons. The van der Waals surface area contributed by atoms with E-state index in [4.69, 9.17) is 9.26 Å². The van der Waals surface area contributed by atoms with Crippen molar-refractivity contribution in [2.24, 2.45) is 0 Å². The minimum atomic E-state index is -0.0440. The van der Waals surface area contributed by atoms with Crippen LogP contribution in [-0.4, -0.2) is 35.9 Å². The molecule has 5 rings (SSSR count). The number of imidazole rings is 1. The van der Waals surface area contributed by atoms with Gasteiger partial charge in [-0.25, -0.2) is 9.50 Å². The van der Waals surface area contributed by atoms with Gasteiger partial charge in [0, 0.05) is 32.0 Å². The van der Waals surface area contributed by atoms with Gasteiger partial charge in [0.2, 0.25) is 0 Å². The van der Waals surface area contributed by atoms with E-state index in [0.29, 0.717) is 24.7 Å². The first-order valence-electron chi connectivity index (χ1n) is 8.77. The lowest BCUT2D eigenvalue weighted by molar-refractivity contribution is 0.0835. The van der Waals surface area contributed by atoms with Crippen molar-refractivity contribution in [3.63, 3.8) is 0 Å². The van der Waals surface area contributed by atoms with E-state index in [1.165, 1.54) is 0 Å². The van der Waals surface area contributed by atoms with Gasteiger partial charge in [-0.05, 0) is 31.0 Å². The Bertz CT molecular complexity index is 1030. The van der Waals surface area contributed by atoms with E-state index < -0.39 is 0 Å². The van der Waals surface area contributed by atoms with Crippen molar-refractivity contribution >= 4 is 5.52 Å². The highest BCUT2D eigenvalue weighted by molar-refractivity contribution is 5.58. The summed E-state index contributed by atoms with van der Waals surface area (Å²) >= 11 is 0. The smallest absolute Gasteiger partial charge is 0.255 e. The molecule has 0 aliphatic carbocycles. The largest absolute Gasteiger partial charge is 0.368 e. The van der Waals surface area contributed by atoms with E-state index in [9.17, 15) is 0 Å². The van der Waals surface area contributed by atoms with Crippen LogP contribution in [0.4, 0.5) is 0 Å². The SMILES string of the molecule is c1cc(-c2nccn2CCc2noc(C3CCCO3)n2)n2nccc2c1. The van der Waals surface area contributed by atoms with Gasteiger partial charge in [0.1, 0.15) is 11.8 Å². The monoisotopic (exact) mass is 350 g/mol. The van der Waals surface area contributed by atoms with Gasteiger partial charge in [-0.15, -0.1) is 0 Å². The molecule has 8 nitrogen and oxygen atoms in total. The number of hydrogen-bond acceptors (Lipinski definition) is 6. The van der Waals surface area contributed by atoms with Gasteiger partial charge in [-0.3, -0.25) is 0 Å². The maximum Gasteiger partial charge on any atom is 0.255 e. The van der Waals surface area contributed by atoms with Crippen molar-refractivity contribution in [1.29, 1.82) is 0 Å². The van der Waals surface area contributed by atoms with Crippen molar-refractivity contribution < 1.29 is 9.26 Å². The first-order valence-corrected chi connectivity index (χ1v) is 8.77. The van der Waals surface area contributed by atoms with Crippen LogP contribution in [0.15, 0.2) is 47.4 Å². The van der Waals surface area contributed by atoms with E-state index >= 15 is 0 Å². The molecule has 0 N–H and O–H groups in total. The number of aromatic nitrogens is 6. The molecule has 1 aliphatic heterocycles. The van der Waals surface area contributed by atoms with Crippen molar-refractivity contribution in [3.8, 4) is 11.5 Å². The van der Waals surface area contributed by atoms with Gasteiger partial charge < -0.3 is 13.8 Å². The molecule has 1 saturated heterocycles. The fourth-order valence-corrected chi connectivity index (χ4v) is 3.33. The Kier molecular flexibility index (Phi) is 3.75. The summed E-state index contributed by atoms with van der Waals surface area (Å²) in [4.78, 5) is 9.00. The lowest BCUT2D eigenvalue weighted by Gasteiger charge is -2.08. The summed E-state index contributed by atoms with van der Waals surface area (Å²) in [5, 5.41) is 8.48. The molecule has 0 bridgehead atoms. The number of nitrogens with zero attached hydrogens (tertiary/aromatic N) is 6. The molecule has 4 aromatic rings. The van der Waals surface area contributed by atoms with Crippen LogP contribution in [-0.2, 0) is 17.7 Å². The Labute approximate surface area is 149 Å². The van der Waals surface area contributed by atoms with E-state index in [2.05, 4.69) is 24.8 Å². The molecule has 1 aliphatic rings. The Morgan fingerprint density at radius 2 is 2.19 bits per heavy atom. The Morgan fingerprint density at radius 3 is 3.12 bits per heavy atom. The van der Waals surface area contributed by atoms with Gasteiger partial charge >= 0.3 is 0 Å². The van der Waals surface area contributed by atoms with Crippen LogP contribution in [0.1, 0.15) is 30.7 Å². The number of ether oxygens (including phenoxy) is 1. The minimum Gasteiger partial charge on any atom is -0.368 e. The molecule has 5 heterocycles. The van der Waals surface area contributed by atoms with Gasteiger partial charge in [0.05, 0.1) is 11.7 Å². The summed E-state index contributed by atoms with van der Waals surface area (Å²) in [6.07, 6.45) is 8.15. The molecule has 0 spiro atoms. The molecule has 4 aromatic heterocycles. The number of fused-ring (bicyclic) bond motifs is 1. The second kappa shape index (κ2) is 6.38. The van der Waals surface area contributed by atoms with E-state index in [1.54, 1.807) is 12.4 Å². The standard InChI is InChI=1S/C18H18N6O2/c1-3-13-6-8-20-24(13)14(4-1)17-19-9-11-23(17)10-7-16-21-18(26-22-16)15-5-2-12-25-15/h1,3-4,6,8-9,11,15H,2,5,7,10,12H2. The van der Waals surface area contributed by atoms with Crippen molar-refractivity contribution in [2.75, 3.05) is 6.61 Å². The van der Waals surface area contributed by atoms with E-state index in [1.807, 2.05) is 35.0 Å². The van der Waals surface area contributed by atoms with Crippen LogP contribution in [0, 0.1) is 0 Å². The van der Waals surface area contributed by atoms with Gasteiger partial charge in [-0.2, -0.15) is 10.1 Å². The maximum atomic E-state index is 5.59. The van der Waals surface area contributed by atoms with Crippen molar-refractivity contribution in [1.82, 2.24) is 29.3 Å². The molecule has 8 heteroatoms. The molecular weight excluding hydrogens is 332 g/mol. The van der Waals surface area contributed by atoms with Crippen LogP contribution in [0.5, 0.6) is 0 Å². The lowest BCUT2D eigenvalue weighted by atomic mass is 10.2. The highest BCUT2D eigenvalue weighted by atomic mass is 16.5. The summed E-state index contributed by atoms with van der Waals surface area (Å²) in [6, 6.07) is 8.03. The fourth-order valence-electron chi connectivity index (χ4n) is 3.33. The van der Waals surface area contributed by atoms with Crippen LogP contribution in [0.25, 0.3) is 17.0 Å². The molecule has 0 aromatic carbocycles. The second-order valence-corrected chi connectivity index (χ2v) is 6.32. The second-order valence-electron chi connectivity index (χ2n) is 6.32. The predicted octanol–water partition coefficient (Wildman–Crippen LogP) is 2.68. The molecule has 0 amide bonds. The minimum absolute atomic E-state index is 0.0440. The fraction of sp³-hybridized carbons (Fsp3) is 0.333. The zero-order chi connectivity index (χ0) is 17.3. The van der Waals surface area contributed by atoms with E-state index in [0.717, 1.165) is 36.5 Å². The first-order chi connectivity index (χ1) is 12.9. The molecule has 1 unspecified atom stereocenters. The molecule has 26 heavy (non-hydrogen) atoms. The van der Waals surface area contributed by atoms with Gasteiger partial charge in [0.15, 0.2) is 11.6 Å². The van der Waals surface area contributed by atoms with Crippen LogP contribution < -0.4 is 0 Å². The van der Waals surface area contributed by atoms with Gasteiger partial charge in [-0.1, -0.05) is 11.2 Å². The third-order valence-electron chi connectivity index (χ3n) is 4.63. The topological polar surface area (TPSA) is 83.3 Å². The lowest BCUT2D eigenvalue weighted by Crippen LogP contribution is -2.06. The van der Waals surface area contributed by atoms with Crippen LogP contribution in [0.2, 0.25) is 0 Å². The third kappa shape index (κ3) is 2.68. The summed E-state index contributed by atoms with van der Waals surface area (Å²) < 4.78 is 14.9. The number of hydrogen-bond donors (Lipinski definition) is 0. The van der Waals surface area contributed by atoms with Gasteiger partial charge in [0.25, 0.3) is 5.89 Å². The molecule has 132 valence electrons. The summed E-state index contributed by atoms with van der Waals surface area (Å²) in [5.41, 5.74) is 1.99. The summed E-state index contributed by atoms with van der Waals surface area (Å²) in [6.45, 7) is 1.47. The first kappa shape index (κ1) is 15.3. The molecule has 0 saturated carbocycles. The number of rotatable bonds is 5. The molecular formula is C18H18N6O2. The number of aryl methyl sites for hydroxylation is 2. The quantitative estimate of drug-likeness (QED) is 0.550. The maximum absolute atomic E-state index is 5.59. The molecule has 1 fully saturated rings. The Balaban J connectivity index is 1.36. The molecule has 1 atom stereocenters. The normalized spacial score (nSPS) is 17.3. The van der Waals surface area contributed by atoms with Crippen molar-refractivity contribution in [3.05, 3.63) is 54.6 Å². The predicted molar refractivity (Wildman–Crippen MR) is 92.3 cm³/mol.